The summed E-state index contributed by atoms with van der Waals surface area (Å²) in [4.78, 5) is 11.9. The number of aryl methyl sites for hydroxylation is 1. The minimum Gasteiger partial charge on any atom is -0.492 e. The molecule has 2 amide bonds. The number of nitriles is 1. The highest BCUT2D eigenvalue weighted by Gasteiger charge is 2.09. The lowest BCUT2D eigenvalue weighted by molar-refractivity contribution is 0.233. The van der Waals surface area contributed by atoms with Gasteiger partial charge in [0, 0.05) is 0 Å². The Morgan fingerprint density at radius 3 is 2.67 bits per heavy atom. The third-order valence-electron chi connectivity index (χ3n) is 3.53. The van der Waals surface area contributed by atoms with Gasteiger partial charge in [0.1, 0.15) is 12.4 Å². The molecule has 124 valence electrons. The second-order valence-corrected chi connectivity index (χ2v) is 5.52. The zero-order valence-corrected chi connectivity index (χ0v) is 13.9. The Morgan fingerprint density at radius 2 is 2.00 bits per heavy atom. The first-order chi connectivity index (χ1) is 11.6. The molecule has 1 unspecified atom stereocenters. The van der Waals surface area contributed by atoms with Crippen LogP contribution >= 0.6 is 0 Å². The number of carbonyl (C=O) groups is 1. The Labute approximate surface area is 142 Å². The molecule has 2 aromatic carbocycles. The molecule has 0 fully saturated rings. The highest BCUT2D eigenvalue weighted by Crippen LogP contribution is 2.13. The van der Waals surface area contributed by atoms with Crippen molar-refractivity contribution in [3.05, 3.63) is 65.2 Å². The predicted molar refractivity (Wildman–Crippen MR) is 92.8 cm³/mol. The summed E-state index contributed by atoms with van der Waals surface area (Å²) in [6, 6.07) is 16.6. The van der Waals surface area contributed by atoms with E-state index in [2.05, 4.69) is 16.7 Å². The van der Waals surface area contributed by atoms with E-state index in [1.807, 2.05) is 50.2 Å². The Hall–Kier alpha value is -3.00. The molecule has 24 heavy (non-hydrogen) atoms. The lowest BCUT2D eigenvalue weighted by Gasteiger charge is -2.15. The molecular formula is C19H21N3O2. The van der Waals surface area contributed by atoms with Crippen LogP contribution < -0.4 is 15.4 Å². The van der Waals surface area contributed by atoms with Crippen LogP contribution in [0.25, 0.3) is 0 Å². The molecule has 2 rings (SSSR count). The van der Waals surface area contributed by atoms with Crippen molar-refractivity contribution in [2.45, 2.75) is 19.9 Å². The Bertz CT molecular complexity index is 720. The fourth-order valence-electron chi connectivity index (χ4n) is 2.22. The van der Waals surface area contributed by atoms with Crippen LogP contribution in [0.3, 0.4) is 0 Å². The number of amides is 2. The van der Waals surface area contributed by atoms with Gasteiger partial charge in [-0.2, -0.15) is 5.26 Å². The van der Waals surface area contributed by atoms with E-state index in [0.29, 0.717) is 18.7 Å². The van der Waals surface area contributed by atoms with Crippen LogP contribution in [-0.4, -0.2) is 19.2 Å². The van der Waals surface area contributed by atoms with Gasteiger partial charge >= 0.3 is 6.03 Å². The van der Waals surface area contributed by atoms with Crippen LogP contribution in [0.15, 0.2) is 48.5 Å². The zero-order valence-electron chi connectivity index (χ0n) is 13.9. The minimum absolute atomic E-state index is 0.143. The molecule has 2 aromatic rings. The number of ether oxygens (including phenoxy) is 1. The highest BCUT2D eigenvalue weighted by molar-refractivity contribution is 5.74. The number of hydrogen-bond acceptors (Lipinski definition) is 3. The summed E-state index contributed by atoms with van der Waals surface area (Å²) < 4.78 is 5.58. The number of rotatable bonds is 6. The van der Waals surface area contributed by atoms with E-state index in [1.54, 1.807) is 12.1 Å². The average molecular weight is 323 g/mol. The summed E-state index contributed by atoms with van der Waals surface area (Å²) in [6.45, 7) is 4.72. The fourth-order valence-corrected chi connectivity index (χ4v) is 2.22. The van der Waals surface area contributed by atoms with Gasteiger partial charge < -0.3 is 15.4 Å². The van der Waals surface area contributed by atoms with E-state index in [1.165, 1.54) is 0 Å². The standard InChI is InChI=1S/C19H21N3O2/c1-14-4-3-5-18(12-14)24-11-10-21-19(23)22-15(2)17-8-6-16(13-20)7-9-17/h3-9,12,15H,10-11H2,1-2H3,(H2,21,22,23). The van der Waals surface area contributed by atoms with E-state index in [4.69, 9.17) is 10.00 Å². The van der Waals surface area contributed by atoms with Gasteiger partial charge in [-0.3, -0.25) is 0 Å². The topological polar surface area (TPSA) is 74.2 Å². The molecule has 1 atom stereocenters. The lowest BCUT2D eigenvalue weighted by atomic mass is 10.1. The first kappa shape index (κ1) is 17.4. The summed E-state index contributed by atoms with van der Waals surface area (Å²) in [5, 5.41) is 14.4. The molecular weight excluding hydrogens is 302 g/mol. The maximum atomic E-state index is 11.9. The number of carbonyl (C=O) groups excluding carboxylic acids is 1. The number of urea groups is 1. The van der Waals surface area contributed by atoms with Crippen molar-refractivity contribution in [1.82, 2.24) is 10.6 Å². The van der Waals surface area contributed by atoms with Gasteiger partial charge in [0.15, 0.2) is 0 Å². The Kier molecular flexibility index (Phi) is 6.21. The molecule has 0 aromatic heterocycles. The van der Waals surface area contributed by atoms with E-state index in [0.717, 1.165) is 16.9 Å². The van der Waals surface area contributed by atoms with Crippen molar-refractivity contribution in [3.63, 3.8) is 0 Å². The molecule has 0 heterocycles. The van der Waals surface area contributed by atoms with Crippen LogP contribution in [0, 0.1) is 18.3 Å². The first-order valence-corrected chi connectivity index (χ1v) is 7.82. The van der Waals surface area contributed by atoms with Gasteiger partial charge in [-0.1, -0.05) is 24.3 Å². The molecule has 5 heteroatoms. The molecule has 0 saturated heterocycles. The zero-order chi connectivity index (χ0) is 17.4. The van der Waals surface area contributed by atoms with Crippen LogP contribution in [0.1, 0.15) is 29.7 Å². The summed E-state index contributed by atoms with van der Waals surface area (Å²) in [7, 11) is 0. The van der Waals surface area contributed by atoms with Crippen LogP contribution in [0.2, 0.25) is 0 Å². The van der Waals surface area contributed by atoms with Gasteiger partial charge in [-0.25, -0.2) is 4.79 Å². The summed E-state index contributed by atoms with van der Waals surface area (Å²) >= 11 is 0. The van der Waals surface area contributed by atoms with Crippen LogP contribution in [0.4, 0.5) is 4.79 Å². The van der Waals surface area contributed by atoms with Gasteiger partial charge in [-0.15, -0.1) is 0 Å². The Balaban J connectivity index is 1.71. The normalized spacial score (nSPS) is 11.2. The monoisotopic (exact) mass is 323 g/mol. The van der Waals surface area contributed by atoms with Crippen LogP contribution in [0.5, 0.6) is 5.75 Å². The van der Waals surface area contributed by atoms with Crippen LogP contribution in [-0.2, 0) is 0 Å². The molecule has 5 nitrogen and oxygen atoms in total. The smallest absolute Gasteiger partial charge is 0.315 e. The predicted octanol–water partition coefficient (Wildman–Crippen LogP) is 3.31. The number of nitrogens with zero attached hydrogens (tertiary/aromatic N) is 1. The molecule has 0 aliphatic rings. The minimum atomic E-state index is -0.250. The van der Waals surface area contributed by atoms with Crippen molar-refractivity contribution in [1.29, 1.82) is 5.26 Å². The molecule has 0 bridgehead atoms. The molecule has 0 aliphatic heterocycles. The lowest BCUT2D eigenvalue weighted by Crippen LogP contribution is -2.38. The maximum Gasteiger partial charge on any atom is 0.315 e. The van der Waals surface area contributed by atoms with Gasteiger partial charge in [0.05, 0.1) is 24.2 Å². The molecule has 0 saturated carbocycles. The van der Waals surface area contributed by atoms with E-state index in [9.17, 15) is 4.79 Å². The van der Waals surface area contributed by atoms with E-state index < -0.39 is 0 Å². The van der Waals surface area contributed by atoms with Gasteiger partial charge in [-0.05, 0) is 49.2 Å². The summed E-state index contributed by atoms with van der Waals surface area (Å²) in [5.41, 5.74) is 2.68. The van der Waals surface area contributed by atoms with Crippen molar-refractivity contribution in [3.8, 4) is 11.8 Å². The first-order valence-electron chi connectivity index (χ1n) is 7.82. The van der Waals surface area contributed by atoms with Crippen molar-refractivity contribution in [2.75, 3.05) is 13.2 Å². The Morgan fingerprint density at radius 1 is 1.25 bits per heavy atom. The maximum absolute atomic E-state index is 11.9. The quantitative estimate of drug-likeness (QED) is 0.801. The number of hydrogen-bond donors (Lipinski definition) is 2. The summed E-state index contributed by atoms with van der Waals surface area (Å²) in [6.07, 6.45) is 0. The summed E-state index contributed by atoms with van der Waals surface area (Å²) in [5.74, 6) is 0.795. The van der Waals surface area contributed by atoms with Crippen molar-refractivity contribution < 1.29 is 9.53 Å². The average Bonchev–Trinajstić information content (AvgIpc) is 2.59. The third-order valence-corrected chi connectivity index (χ3v) is 3.53. The highest BCUT2D eigenvalue weighted by atomic mass is 16.5. The number of benzene rings is 2. The second-order valence-electron chi connectivity index (χ2n) is 5.52. The van der Waals surface area contributed by atoms with E-state index >= 15 is 0 Å². The molecule has 2 N–H and O–H groups in total. The molecule has 0 radical (unpaired) electrons. The van der Waals surface area contributed by atoms with Crippen molar-refractivity contribution in [2.24, 2.45) is 0 Å². The van der Waals surface area contributed by atoms with Crippen molar-refractivity contribution >= 4 is 6.03 Å². The van der Waals surface area contributed by atoms with E-state index in [-0.39, 0.29) is 12.1 Å². The SMILES string of the molecule is Cc1cccc(OCCNC(=O)NC(C)c2ccc(C#N)cc2)c1. The van der Waals surface area contributed by atoms with Gasteiger partial charge in [0.2, 0.25) is 0 Å². The second kappa shape index (κ2) is 8.59. The largest absolute Gasteiger partial charge is 0.492 e. The number of nitrogens with one attached hydrogen (secondary N) is 2. The fraction of sp³-hybridized carbons (Fsp3) is 0.263. The molecule has 0 spiro atoms. The van der Waals surface area contributed by atoms with Gasteiger partial charge in [0.25, 0.3) is 0 Å². The molecule has 0 aliphatic carbocycles. The third kappa shape index (κ3) is 5.33.